The van der Waals surface area contributed by atoms with Crippen molar-refractivity contribution in [3.63, 3.8) is 0 Å². The summed E-state index contributed by atoms with van der Waals surface area (Å²) < 4.78 is 35.0. The lowest BCUT2D eigenvalue weighted by Crippen LogP contribution is -2.27. The highest BCUT2D eigenvalue weighted by molar-refractivity contribution is 7.80. The molecule has 1 N–H and O–H groups in total. The number of hydrogen-bond donors (Lipinski definition) is 2. The molecule has 6 heteroatoms. The van der Waals surface area contributed by atoms with Crippen LogP contribution in [0.5, 0.6) is 0 Å². The first-order valence-corrected chi connectivity index (χ1v) is 5.03. The number of thiol groups is 1. The molecule has 2 nitrogen and oxygen atoms in total. The van der Waals surface area contributed by atoms with E-state index < -0.39 is 12.6 Å². The molecule has 0 saturated carbocycles. The normalized spacial score (nSPS) is 11.4. The lowest BCUT2D eigenvalue weighted by atomic mass is 10.2. The molecule has 0 unspecified atom stereocenters. The smallest absolute Gasteiger partial charge is 0.356 e. The van der Waals surface area contributed by atoms with E-state index in [-0.39, 0.29) is 18.9 Å². The molecule has 0 aromatic heterocycles. The van der Waals surface area contributed by atoms with Gasteiger partial charge in [0.15, 0.2) is 0 Å². The third-order valence-electron chi connectivity index (χ3n) is 1.54. The number of unbranched alkanes of at least 4 members (excludes halogenated alkanes) is 1. The molecule has 0 aliphatic rings. The average molecular weight is 229 g/mol. The topological polar surface area (TPSA) is 29.1 Å². The first-order chi connectivity index (χ1) is 6.45. The highest BCUT2D eigenvalue weighted by atomic mass is 32.1. The van der Waals surface area contributed by atoms with Gasteiger partial charge >= 0.3 is 6.18 Å². The van der Waals surface area contributed by atoms with Crippen molar-refractivity contribution in [1.29, 1.82) is 0 Å². The third kappa shape index (κ3) is 9.70. The van der Waals surface area contributed by atoms with Crippen LogP contribution in [0.4, 0.5) is 13.2 Å². The molecule has 84 valence electrons. The Hall–Kier alpha value is -0.390. The van der Waals surface area contributed by atoms with E-state index in [0.717, 1.165) is 6.42 Å². The molecule has 0 fully saturated rings. The van der Waals surface area contributed by atoms with Crippen LogP contribution in [0.1, 0.15) is 25.7 Å². The summed E-state index contributed by atoms with van der Waals surface area (Å²) in [7, 11) is 0. The van der Waals surface area contributed by atoms with Crippen LogP contribution >= 0.6 is 12.6 Å². The van der Waals surface area contributed by atoms with Crippen LogP contribution in [0.15, 0.2) is 0 Å². The number of nitrogens with one attached hydrogen (secondary N) is 1. The molecule has 0 radical (unpaired) electrons. The number of alkyl halides is 3. The van der Waals surface area contributed by atoms with E-state index in [4.69, 9.17) is 0 Å². The number of halogens is 3. The van der Waals surface area contributed by atoms with E-state index in [1.807, 2.05) is 0 Å². The molecule has 0 atom stereocenters. The Labute approximate surface area is 86.7 Å². The summed E-state index contributed by atoms with van der Waals surface area (Å²) in [6.45, 7) is -0.330. The Bertz CT molecular complexity index is 172. The maximum absolute atomic E-state index is 11.7. The summed E-state index contributed by atoms with van der Waals surface area (Å²) in [6.07, 6.45) is -3.42. The van der Waals surface area contributed by atoms with Crippen LogP contribution in [0, 0.1) is 0 Å². The minimum atomic E-state index is -4.20. The number of hydrogen-bond acceptors (Lipinski definition) is 2. The van der Waals surface area contributed by atoms with E-state index in [2.05, 4.69) is 17.9 Å². The molecular formula is C8H14F3NOS. The van der Waals surface area contributed by atoms with Crippen LogP contribution in [0.2, 0.25) is 0 Å². The zero-order valence-corrected chi connectivity index (χ0v) is 8.63. The van der Waals surface area contributed by atoms with Crippen LogP contribution in [0.3, 0.4) is 0 Å². The molecule has 0 aromatic carbocycles. The van der Waals surface area contributed by atoms with Gasteiger partial charge in [-0.2, -0.15) is 25.8 Å². The highest BCUT2D eigenvalue weighted by Gasteiger charge is 2.26. The van der Waals surface area contributed by atoms with E-state index in [0.29, 0.717) is 12.2 Å². The fourth-order valence-corrected chi connectivity index (χ4v) is 1.05. The second-order valence-electron chi connectivity index (χ2n) is 2.90. The lowest BCUT2D eigenvalue weighted by molar-refractivity contribution is -0.135. The fraction of sp³-hybridized carbons (Fsp3) is 0.875. The average Bonchev–Trinajstić information content (AvgIpc) is 2.02. The van der Waals surface area contributed by atoms with Crippen molar-refractivity contribution in [2.75, 3.05) is 12.3 Å². The molecule has 0 saturated heterocycles. The molecule has 1 amide bonds. The van der Waals surface area contributed by atoms with Gasteiger partial charge in [0.05, 0.1) is 6.42 Å². The van der Waals surface area contributed by atoms with E-state index >= 15 is 0 Å². The maximum Gasteiger partial charge on any atom is 0.390 e. The Balaban J connectivity index is 3.36. The van der Waals surface area contributed by atoms with Gasteiger partial charge in [0, 0.05) is 13.0 Å². The van der Waals surface area contributed by atoms with Crippen LogP contribution in [0.25, 0.3) is 0 Å². The molecule has 0 spiro atoms. The zero-order chi connectivity index (χ0) is 11.0. The Morgan fingerprint density at radius 3 is 2.43 bits per heavy atom. The van der Waals surface area contributed by atoms with E-state index in [9.17, 15) is 18.0 Å². The molecule has 0 aromatic rings. The van der Waals surface area contributed by atoms with Crippen LogP contribution in [-0.2, 0) is 4.79 Å². The van der Waals surface area contributed by atoms with Gasteiger partial charge in [-0.25, -0.2) is 0 Å². The van der Waals surface area contributed by atoms with Crippen molar-refractivity contribution in [3.05, 3.63) is 0 Å². The van der Waals surface area contributed by atoms with Crippen LogP contribution < -0.4 is 5.32 Å². The van der Waals surface area contributed by atoms with Gasteiger partial charge in [0.2, 0.25) is 5.91 Å². The number of carbonyl (C=O) groups excluding carboxylic acids is 1. The zero-order valence-electron chi connectivity index (χ0n) is 7.73. The van der Waals surface area contributed by atoms with Gasteiger partial charge in [-0.15, -0.1) is 0 Å². The summed E-state index contributed by atoms with van der Waals surface area (Å²) in [4.78, 5) is 10.9. The molecule has 0 heterocycles. The quantitative estimate of drug-likeness (QED) is 0.530. The van der Waals surface area contributed by atoms with Gasteiger partial charge in [0.25, 0.3) is 0 Å². The van der Waals surface area contributed by atoms with Crippen molar-refractivity contribution >= 4 is 18.5 Å². The molecule has 0 rings (SSSR count). The van der Waals surface area contributed by atoms with Gasteiger partial charge in [0.1, 0.15) is 0 Å². The summed E-state index contributed by atoms with van der Waals surface area (Å²) >= 11 is 3.95. The van der Waals surface area contributed by atoms with E-state index in [1.165, 1.54) is 0 Å². The number of amides is 1. The summed E-state index contributed by atoms with van der Waals surface area (Å²) in [6, 6.07) is 0. The standard InChI is InChI=1S/C8H14F3NOS/c9-8(10,11)4-5-12-7(13)3-1-2-6-14/h14H,1-6H2,(H,12,13). The Kier molecular flexibility index (Phi) is 6.78. The summed E-state index contributed by atoms with van der Waals surface area (Å²) in [5.41, 5.74) is 0. The van der Waals surface area contributed by atoms with Crippen LogP contribution in [-0.4, -0.2) is 24.4 Å². The van der Waals surface area contributed by atoms with Crippen molar-refractivity contribution in [3.8, 4) is 0 Å². The van der Waals surface area contributed by atoms with Gasteiger partial charge in [-0.05, 0) is 18.6 Å². The predicted molar refractivity (Wildman–Crippen MR) is 51.4 cm³/mol. The van der Waals surface area contributed by atoms with Gasteiger partial charge in [-0.1, -0.05) is 0 Å². The minimum absolute atomic E-state index is 0.276. The largest absolute Gasteiger partial charge is 0.390 e. The first-order valence-electron chi connectivity index (χ1n) is 4.40. The van der Waals surface area contributed by atoms with Crippen molar-refractivity contribution in [2.24, 2.45) is 0 Å². The molecular weight excluding hydrogens is 215 g/mol. The minimum Gasteiger partial charge on any atom is -0.356 e. The van der Waals surface area contributed by atoms with Gasteiger partial charge in [-0.3, -0.25) is 4.79 Å². The number of rotatable bonds is 6. The fourth-order valence-electron chi connectivity index (χ4n) is 0.829. The first kappa shape index (κ1) is 13.6. The lowest BCUT2D eigenvalue weighted by Gasteiger charge is -2.07. The Morgan fingerprint density at radius 1 is 1.29 bits per heavy atom. The van der Waals surface area contributed by atoms with Crippen molar-refractivity contribution in [1.82, 2.24) is 5.32 Å². The second-order valence-corrected chi connectivity index (χ2v) is 3.34. The highest BCUT2D eigenvalue weighted by Crippen LogP contribution is 2.18. The molecule has 0 aliphatic carbocycles. The predicted octanol–water partition coefficient (Wildman–Crippen LogP) is 2.16. The van der Waals surface area contributed by atoms with Crippen molar-refractivity contribution < 1.29 is 18.0 Å². The Morgan fingerprint density at radius 2 is 1.93 bits per heavy atom. The monoisotopic (exact) mass is 229 g/mol. The van der Waals surface area contributed by atoms with E-state index in [1.54, 1.807) is 0 Å². The molecule has 14 heavy (non-hydrogen) atoms. The molecule has 0 aliphatic heterocycles. The summed E-state index contributed by atoms with van der Waals surface area (Å²) in [5, 5.41) is 2.21. The summed E-state index contributed by atoms with van der Waals surface area (Å²) in [5.74, 6) is 0.367. The number of carbonyl (C=O) groups is 1. The molecule has 0 bridgehead atoms. The second kappa shape index (κ2) is 6.98. The van der Waals surface area contributed by atoms with Crippen molar-refractivity contribution in [2.45, 2.75) is 31.9 Å². The third-order valence-corrected chi connectivity index (χ3v) is 1.86. The SMILES string of the molecule is O=C(CCCCS)NCCC(F)(F)F. The maximum atomic E-state index is 11.7. The van der Waals surface area contributed by atoms with Gasteiger partial charge < -0.3 is 5.32 Å².